The van der Waals surface area contributed by atoms with Gasteiger partial charge >= 0.3 is 0 Å². The van der Waals surface area contributed by atoms with Crippen molar-refractivity contribution in [2.24, 2.45) is 10.4 Å². The van der Waals surface area contributed by atoms with Gasteiger partial charge in [-0.2, -0.15) is 0 Å². The third-order valence-electron chi connectivity index (χ3n) is 5.59. The van der Waals surface area contributed by atoms with Crippen LogP contribution in [0.2, 0.25) is 5.02 Å². The number of aliphatic hydroxyl groups excluding tert-OH is 1. The van der Waals surface area contributed by atoms with Crippen molar-refractivity contribution in [3.63, 3.8) is 0 Å². The molecule has 0 bridgehead atoms. The minimum Gasteiger partial charge on any atom is -0.396 e. The predicted molar refractivity (Wildman–Crippen MR) is 101 cm³/mol. The lowest BCUT2D eigenvalue weighted by atomic mass is 9.84. The van der Waals surface area contributed by atoms with Crippen molar-refractivity contribution in [1.29, 1.82) is 0 Å². The van der Waals surface area contributed by atoms with E-state index in [1.165, 1.54) is 18.4 Å². The van der Waals surface area contributed by atoms with Crippen LogP contribution < -0.4 is 10.6 Å². The van der Waals surface area contributed by atoms with Gasteiger partial charge in [-0.1, -0.05) is 23.7 Å². The van der Waals surface area contributed by atoms with Gasteiger partial charge in [0.25, 0.3) is 0 Å². The average molecular weight is 366 g/mol. The van der Waals surface area contributed by atoms with E-state index in [1.807, 2.05) is 12.1 Å². The lowest BCUT2D eigenvalue weighted by Gasteiger charge is -2.28. The standard InChI is InChI=1S/C19H28ClN3O2/c1-21-17(22-12-18(8-10-24)9-11-25-14-18)23-13-19(6-7-19)15-2-4-16(20)5-3-15/h2-5,24H,6-14H2,1H3,(H2,21,22,23). The van der Waals surface area contributed by atoms with E-state index in [2.05, 4.69) is 27.8 Å². The van der Waals surface area contributed by atoms with Gasteiger partial charge in [-0.15, -0.1) is 0 Å². The van der Waals surface area contributed by atoms with Gasteiger partial charge in [0, 0.05) is 49.2 Å². The van der Waals surface area contributed by atoms with Gasteiger partial charge < -0.3 is 20.5 Å². The fraction of sp³-hybridized carbons (Fsp3) is 0.632. The van der Waals surface area contributed by atoms with Crippen LogP contribution in [0.25, 0.3) is 0 Å². The number of ether oxygens (including phenoxy) is 1. The van der Waals surface area contributed by atoms with E-state index in [-0.39, 0.29) is 17.4 Å². The lowest BCUT2D eigenvalue weighted by Crippen LogP contribution is -2.46. The number of rotatable bonds is 7. The molecule has 2 aliphatic rings. The Hall–Kier alpha value is -1.30. The molecular formula is C19H28ClN3O2. The summed E-state index contributed by atoms with van der Waals surface area (Å²) in [6, 6.07) is 8.17. The summed E-state index contributed by atoms with van der Waals surface area (Å²) >= 11 is 6.00. The molecule has 1 heterocycles. The molecule has 25 heavy (non-hydrogen) atoms. The second kappa shape index (κ2) is 7.94. The lowest BCUT2D eigenvalue weighted by molar-refractivity contribution is 0.127. The zero-order chi connectivity index (χ0) is 17.8. The Morgan fingerprint density at radius 1 is 1.20 bits per heavy atom. The molecule has 1 aliphatic heterocycles. The van der Waals surface area contributed by atoms with Gasteiger partial charge in [0.15, 0.2) is 5.96 Å². The maximum absolute atomic E-state index is 9.34. The van der Waals surface area contributed by atoms with Crippen LogP contribution in [0.4, 0.5) is 0 Å². The first kappa shape index (κ1) is 18.5. The minimum atomic E-state index is 0.0137. The van der Waals surface area contributed by atoms with Crippen LogP contribution in [0.15, 0.2) is 29.3 Å². The summed E-state index contributed by atoms with van der Waals surface area (Å²) in [4.78, 5) is 4.35. The largest absolute Gasteiger partial charge is 0.396 e. The molecule has 3 N–H and O–H groups in total. The second-order valence-corrected chi connectivity index (χ2v) is 7.78. The third kappa shape index (κ3) is 4.46. The number of halogens is 1. The quantitative estimate of drug-likeness (QED) is 0.512. The molecule has 0 amide bonds. The summed E-state index contributed by atoms with van der Waals surface area (Å²) in [6.07, 6.45) is 4.10. The highest BCUT2D eigenvalue weighted by atomic mass is 35.5. The monoisotopic (exact) mass is 365 g/mol. The molecule has 1 saturated carbocycles. The molecule has 0 spiro atoms. The number of hydrogen-bond donors (Lipinski definition) is 3. The molecule has 1 aromatic carbocycles. The number of nitrogens with zero attached hydrogens (tertiary/aromatic N) is 1. The van der Waals surface area contributed by atoms with Crippen LogP contribution >= 0.6 is 11.6 Å². The van der Waals surface area contributed by atoms with Crippen molar-refractivity contribution < 1.29 is 9.84 Å². The van der Waals surface area contributed by atoms with E-state index < -0.39 is 0 Å². The number of hydrogen-bond acceptors (Lipinski definition) is 3. The van der Waals surface area contributed by atoms with Crippen molar-refractivity contribution in [1.82, 2.24) is 10.6 Å². The smallest absolute Gasteiger partial charge is 0.191 e. The summed E-state index contributed by atoms with van der Waals surface area (Å²) in [7, 11) is 1.79. The molecule has 1 unspecified atom stereocenters. The maximum Gasteiger partial charge on any atom is 0.191 e. The van der Waals surface area contributed by atoms with E-state index >= 15 is 0 Å². The molecule has 1 atom stereocenters. The normalized spacial score (nSPS) is 25.0. The Morgan fingerprint density at radius 3 is 2.48 bits per heavy atom. The molecule has 1 aliphatic carbocycles. The van der Waals surface area contributed by atoms with Gasteiger partial charge in [0.1, 0.15) is 0 Å². The first-order chi connectivity index (χ1) is 12.1. The van der Waals surface area contributed by atoms with E-state index in [0.29, 0.717) is 6.61 Å². The first-order valence-corrected chi connectivity index (χ1v) is 9.38. The highest BCUT2D eigenvalue weighted by Gasteiger charge is 2.44. The Morgan fingerprint density at radius 2 is 1.92 bits per heavy atom. The van der Waals surface area contributed by atoms with E-state index in [0.717, 1.165) is 43.5 Å². The zero-order valence-electron chi connectivity index (χ0n) is 14.9. The van der Waals surface area contributed by atoms with Crippen LogP contribution in [-0.4, -0.2) is 51.0 Å². The summed E-state index contributed by atoms with van der Waals surface area (Å²) in [6.45, 7) is 3.29. The fourth-order valence-electron chi connectivity index (χ4n) is 3.58. The van der Waals surface area contributed by atoms with Gasteiger partial charge in [-0.05, 0) is 43.4 Å². The van der Waals surface area contributed by atoms with Crippen molar-refractivity contribution in [3.05, 3.63) is 34.9 Å². The molecule has 0 radical (unpaired) electrons. The van der Waals surface area contributed by atoms with Crippen LogP contribution in [-0.2, 0) is 10.2 Å². The molecule has 0 aromatic heterocycles. The van der Waals surface area contributed by atoms with Gasteiger partial charge in [0.05, 0.1) is 6.61 Å². The van der Waals surface area contributed by atoms with Gasteiger partial charge in [-0.25, -0.2) is 0 Å². The summed E-state index contributed by atoms with van der Waals surface area (Å²) in [5, 5.41) is 17.0. The SMILES string of the molecule is CN=C(NCC1(CCO)CCOC1)NCC1(c2ccc(Cl)cc2)CC1. The van der Waals surface area contributed by atoms with Crippen LogP contribution in [0.5, 0.6) is 0 Å². The maximum atomic E-state index is 9.34. The molecule has 5 nitrogen and oxygen atoms in total. The highest BCUT2D eigenvalue weighted by Crippen LogP contribution is 2.47. The van der Waals surface area contributed by atoms with Crippen molar-refractivity contribution in [2.75, 3.05) is 40.0 Å². The average Bonchev–Trinajstić information content (AvgIpc) is 3.27. The predicted octanol–water partition coefficient (Wildman–Crippen LogP) is 2.33. The molecule has 2 fully saturated rings. The van der Waals surface area contributed by atoms with Crippen molar-refractivity contribution in [3.8, 4) is 0 Å². The molecule has 1 saturated heterocycles. The summed E-state index contributed by atoms with van der Waals surface area (Å²) < 4.78 is 5.55. The number of guanidine groups is 1. The summed E-state index contributed by atoms with van der Waals surface area (Å²) in [5.74, 6) is 0.810. The van der Waals surface area contributed by atoms with Gasteiger partial charge in [0.2, 0.25) is 0 Å². The molecule has 1 aromatic rings. The Bertz CT molecular complexity index is 593. The van der Waals surface area contributed by atoms with E-state index in [9.17, 15) is 5.11 Å². The second-order valence-electron chi connectivity index (χ2n) is 7.34. The summed E-state index contributed by atoms with van der Waals surface area (Å²) in [5.41, 5.74) is 1.54. The Kier molecular flexibility index (Phi) is 5.87. The van der Waals surface area contributed by atoms with Crippen molar-refractivity contribution >= 4 is 17.6 Å². The van der Waals surface area contributed by atoms with E-state index in [1.54, 1.807) is 7.05 Å². The molecule has 3 rings (SSSR count). The highest BCUT2D eigenvalue weighted by molar-refractivity contribution is 6.30. The van der Waals surface area contributed by atoms with E-state index in [4.69, 9.17) is 16.3 Å². The molecule has 138 valence electrons. The van der Waals surface area contributed by atoms with Gasteiger partial charge in [-0.3, -0.25) is 4.99 Å². The first-order valence-electron chi connectivity index (χ1n) is 9.01. The Labute approximate surface area is 154 Å². The Balaban J connectivity index is 1.53. The van der Waals surface area contributed by atoms with Crippen molar-refractivity contribution in [2.45, 2.75) is 31.1 Å². The fourth-order valence-corrected chi connectivity index (χ4v) is 3.70. The molecular weight excluding hydrogens is 338 g/mol. The zero-order valence-corrected chi connectivity index (χ0v) is 15.6. The molecule has 6 heteroatoms. The van der Waals surface area contributed by atoms with Crippen LogP contribution in [0.1, 0.15) is 31.2 Å². The number of aliphatic imine (C=N–C) groups is 1. The van der Waals surface area contributed by atoms with Crippen LogP contribution in [0.3, 0.4) is 0 Å². The minimum absolute atomic E-state index is 0.0137. The van der Waals surface area contributed by atoms with Crippen LogP contribution in [0, 0.1) is 5.41 Å². The third-order valence-corrected chi connectivity index (χ3v) is 5.84. The number of nitrogens with one attached hydrogen (secondary N) is 2. The number of aliphatic hydroxyl groups is 1. The topological polar surface area (TPSA) is 65.9 Å². The number of benzene rings is 1.